The molecule has 1 unspecified atom stereocenters. The average Bonchev–Trinajstić information content (AvgIpc) is 3.02. The van der Waals surface area contributed by atoms with Gasteiger partial charge in [0.05, 0.1) is 16.3 Å². The second-order valence-electron chi connectivity index (χ2n) is 6.06. The lowest BCUT2D eigenvalue weighted by atomic mass is 10.3. The molecule has 0 saturated carbocycles. The van der Waals surface area contributed by atoms with Crippen molar-refractivity contribution < 1.29 is 14.5 Å². The van der Waals surface area contributed by atoms with Crippen LogP contribution in [0.2, 0.25) is 5.02 Å². The molecule has 0 fully saturated rings. The summed E-state index contributed by atoms with van der Waals surface area (Å²) < 4.78 is 7.13. The van der Waals surface area contributed by atoms with Gasteiger partial charge < -0.3 is 10.1 Å². The van der Waals surface area contributed by atoms with Crippen molar-refractivity contribution in [3.05, 3.63) is 75.4 Å². The first-order valence-electron chi connectivity index (χ1n) is 8.38. The van der Waals surface area contributed by atoms with Gasteiger partial charge in [-0.2, -0.15) is 5.10 Å². The number of ether oxygens (including phenoxy) is 1. The fourth-order valence-electron chi connectivity index (χ4n) is 2.53. The minimum atomic E-state index is -0.779. The molecule has 0 spiro atoms. The molecular formula is C19H17ClN4O4. The number of nitro groups is 1. The Morgan fingerprint density at radius 2 is 1.96 bits per heavy atom. The molecule has 1 amide bonds. The molecule has 3 aromatic rings. The maximum Gasteiger partial charge on any atom is 0.269 e. The molecule has 1 heterocycles. The Bertz CT molecular complexity index is 1020. The van der Waals surface area contributed by atoms with Crippen LogP contribution in [-0.2, 0) is 4.79 Å². The molecule has 0 radical (unpaired) electrons. The second kappa shape index (κ2) is 8.10. The number of halogens is 1. The number of nitrogens with one attached hydrogen (secondary N) is 1. The third-order valence-electron chi connectivity index (χ3n) is 3.87. The summed E-state index contributed by atoms with van der Waals surface area (Å²) >= 11 is 5.93. The Morgan fingerprint density at radius 1 is 1.25 bits per heavy atom. The summed E-state index contributed by atoms with van der Waals surface area (Å²) in [6.45, 7) is 3.40. The number of carbonyl (C=O) groups excluding carboxylic acids is 1. The van der Waals surface area contributed by atoms with Crippen molar-refractivity contribution in [2.75, 3.05) is 5.32 Å². The van der Waals surface area contributed by atoms with Gasteiger partial charge in [0.1, 0.15) is 11.6 Å². The molecule has 1 atom stereocenters. The summed E-state index contributed by atoms with van der Waals surface area (Å²) in [7, 11) is 0. The van der Waals surface area contributed by atoms with Crippen LogP contribution in [-0.4, -0.2) is 26.7 Å². The van der Waals surface area contributed by atoms with Crippen molar-refractivity contribution >= 4 is 29.0 Å². The monoisotopic (exact) mass is 400 g/mol. The van der Waals surface area contributed by atoms with Gasteiger partial charge in [-0.05, 0) is 44.2 Å². The molecule has 0 saturated heterocycles. The van der Waals surface area contributed by atoms with Crippen LogP contribution in [0.15, 0.2) is 54.6 Å². The molecule has 3 rings (SSSR count). The quantitative estimate of drug-likeness (QED) is 0.495. The summed E-state index contributed by atoms with van der Waals surface area (Å²) in [5, 5.41) is 18.4. The Hall–Kier alpha value is -3.39. The van der Waals surface area contributed by atoms with Crippen molar-refractivity contribution in [2.24, 2.45) is 0 Å². The first-order valence-corrected chi connectivity index (χ1v) is 8.76. The minimum Gasteiger partial charge on any atom is -0.481 e. The largest absolute Gasteiger partial charge is 0.481 e. The van der Waals surface area contributed by atoms with Crippen molar-refractivity contribution in [3.63, 3.8) is 0 Å². The van der Waals surface area contributed by atoms with E-state index in [0.717, 1.165) is 0 Å². The lowest BCUT2D eigenvalue weighted by Gasteiger charge is -2.15. The van der Waals surface area contributed by atoms with Gasteiger partial charge in [-0.1, -0.05) is 17.7 Å². The fourth-order valence-corrected chi connectivity index (χ4v) is 2.71. The van der Waals surface area contributed by atoms with Crippen LogP contribution in [0, 0.1) is 17.0 Å². The van der Waals surface area contributed by atoms with Gasteiger partial charge >= 0.3 is 0 Å². The van der Waals surface area contributed by atoms with Gasteiger partial charge in [0.25, 0.3) is 11.6 Å². The highest BCUT2D eigenvalue weighted by molar-refractivity contribution is 6.30. The molecule has 2 aromatic carbocycles. The molecule has 28 heavy (non-hydrogen) atoms. The zero-order chi connectivity index (χ0) is 20.3. The predicted molar refractivity (Wildman–Crippen MR) is 105 cm³/mol. The summed E-state index contributed by atoms with van der Waals surface area (Å²) in [6, 6.07) is 14.4. The number of carbonyl (C=O) groups is 1. The van der Waals surface area contributed by atoms with E-state index in [1.807, 2.05) is 0 Å². The van der Waals surface area contributed by atoms with E-state index in [-0.39, 0.29) is 11.6 Å². The van der Waals surface area contributed by atoms with E-state index < -0.39 is 11.0 Å². The highest BCUT2D eigenvalue weighted by Gasteiger charge is 2.18. The number of hydrogen-bond acceptors (Lipinski definition) is 5. The number of rotatable bonds is 6. The second-order valence-corrected chi connectivity index (χ2v) is 6.50. The van der Waals surface area contributed by atoms with Crippen LogP contribution in [0.25, 0.3) is 5.69 Å². The number of aromatic nitrogens is 2. The van der Waals surface area contributed by atoms with E-state index in [1.165, 1.54) is 16.8 Å². The lowest BCUT2D eigenvalue weighted by Crippen LogP contribution is -2.31. The van der Waals surface area contributed by atoms with Crippen molar-refractivity contribution in [3.8, 4) is 11.4 Å². The third-order valence-corrected chi connectivity index (χ3v) is 4.10. The lowest BCUT2D eigenvalue weighted by molar-refractivity contribution is -0.384. The number of anilines is 1. The van der Waals surface area contributed by atoms with Crippen LogP contribution in [0.3, 0.4) is 0 Å². The smallest absolute Gasteiger partial charge is 0.269 e. The minimum absolute atomic E-state index is 0.0262. The van der Waals surface area contributed by atoms with Gasteiger partial charge in [-0.3, -0.25) is 14.9 Å². The van der Waals surface area contributed by atoms with Gasteiger partial charge in [0.15, 0.2) is 6.10 Å². The van der Waals surface area contributed by atoms with Gasteiger partial charge in [-0.25, -0.2) is 4.68 Å². The number of nitro benzene ring substituents is 1. The van der Waals surface area contributed by atoms with Crippen molar-refractivity contribution in [2.45, 2.75) is 20.0 Å². The Morgan fingerprint density at radius 3 is 2.61 bits per heavy atom. The van der Waals surface area contributed by atoms with E-state index in [0.29, 0.717) is 28.0 Å². The molecular weight excluding hydrogens is 384 g/mol. The predicted octanol–water partition coefficient (Wildman–Crippen LogP) is 4.15. The van der Waals surface area contributed by atoms with Crippen molar-refractivity contribution in [1.29, 1.82) is 0 Å². The summed E-state index contributed by atoms with van der Waals surface area (Å²) in [6.07, 6.45) is -0.779. The maximum atomic E-state index is 12.5. The van der Waals surface area contributed by atoms with Crippen LogP contribution < -0.4 is 10.1 Å². The SMILES string of the molecule is Cc1cc(NC(=O)C(C)Oc2cccc(Cl)c2)n(-c2ccc([N+](=O)[O-])cc2)n1. The van der Waals surface area contributed by atoms with E-state index in [9.17, 15) is 14.9 Å². The zero-order valence-corrected chi connectivity index (χ0v) is 15.9. The summed E-state index contributed by atoms with van der Waals surface area (Å²) in [5.41, 5.74) is 1.23. The first kappa shape index (κ1) is 19.4. The number of hydrogen-bond donors (Lipinski definition) is 1. The number of amides is 1. The molecule has 144 valence electrons. The normalized spacial score (nSPS) is 11.7. The molecule has 1 N–H and O–H groups in total. The van der Waals surface area contributed by atoms with Crippen molar-refractivity contribution in [1.82, 2.24) is 9.78 Å². The number of benzene rings is 2. The summed E-state index contributed by atoms with van der Waals surface area (Å²) in [5.74, 6) is 0.538. The number of aryl methyl sites for hydroxylation is 1. The van der Waals surface area contributed by atoms with E-state index in [1.54, 1.807) is 56.3 Å². The van der Waals surface area contributed by atoms with Gasteiger partial charge in [-0.15, -0.1) is 0 Å². The Balaban J connectivity index is 1.77. The zero-order valence-electron chi connectivity index (χ0n) is 15.1. The molecule has 9 heteroatoms. The molecule has 0 bridgehead atoms. The highest BCUT2D eigenvalue weighted by atomic mass is 35.5. The topological polar surface area (TPSA) is 99.3 Å². The Kier molecular flexibility index (Phi) is 5.60. The number of non-ortho nitro benzene ring substituents is 1. The van der Waals surface area contributed by atoms with E-state index in [4.69, 9.17) is 16.3 Å². The molecule has 0 aliphatic carbocycles. The van der Waals surface area contributed by atoms with Gasteiger partial charge in [0, 0.05) is 23.2 Å². The summed E-state index contributed by atoms with van der Waals surface area (Å²) in [4.78, 5) is 22.9. The maximum absolute atomic E-state index is 12.5. The fraction of sp³-hybridized carbons (Fsp3) is 0.158. The molecule has 0 aliphatic rings. The molecule has 1 aromatic heterocycles. The third kappa shape index (κ3) is 4.47. The van der Waals surface area contributed by atoms with E-state index >= 15 is 0 Å². The molecule has 0 aliphatic heterocycles. The highest BCUT2D eigenvalue weighted by Crippen LogP contribution is 2.21. The van der Waals surface area contributed by atoms with Crippen LogP contribution >= 0.6 is 11.6 Å². The van der Waals surface area contributed by atoms with Crippen LogP contribution in [0.4, 0.5) is 11.5 Å². The van der Waals surface area contributed by atoms with Crippen LogP contribution in [0.5, 0.6) is 5.75 Å². The first-order chi connectivity index (χ1) is 13.3. The van der Waals surface area contributed by atoms with E-state index in [2.05, 4.69) is 10.4 Å². The van der Waals surface area contributed by atoms with Crippen LogP contribution in [0.1, 0.15) is 12.6 Å². The average molecular weight is 401 g/mol. The number of nitrogens with zero attached hydrogens (tertiary/aromatic N) is 3. The Labute approximate surface area is 165 Å². The molecule has 8 nitrogen and oxygen atoms in total. The standard InChI is InChI=1S/C19H17ClN4O4/c1-12-10-18(23(22-12)15-6-8-16(9-7-15)24(26)27)21-19(25)13(2)28-17-5-3-4-14(20)11-17/h3-11,13H,1-2H3,(H,21,25). The van der Waals surface area contributed by atoms with Gasteiger partial charge in [0.2, 0.25) is 0 Å².